The number of hydrogen-bond acceptors (Lipinski definition) is 3. The summed E-state index contributed by atoms with van der Waals surface area (Å²) in [4.78, 5) is 18.6. The van der Waals surface area contributed by atoms with Gasteiger partial charge in [-0.25, -0.2) is 4.39 Å². The van der Waals surface area contributed by atoms with Crippen molar-refractivity contribution in [2.45, 2.75) is 32.7 Å². The second kappa shape index (κ2) is 8.92. The van der Waals surface area contributed by atoms with Crippen molar-refractivity contribution in [1.82, 2.24) is 9.88 Å². The number of pyridine rings is 1. The van der Waals surface area contributed by atoms with Gasteiger partial charge in [0.05, 0.1) is 5.02 Å². The number of amides is 1. The van der Waals surface area contributed by atoms with E-state index >= 15 is 0 Å². The zero-order valence-electron chi connectivity index (χ0n) is 14.7. The van der Waals surface area contributed by atoms with Gasteiger partial charge in [-0.05, 0) is 50.7 Å². The normalized spacial score (nSPS) is 12.2. The highest BCUT2D eigenvalue weighted by Crippen LogP contribution is 2.19. The zero-order valence-corrected chi connectivity index (χ0v) is 15.5. The molecule has 4 nitrogen and oxygen atoms in total. The minimum absolute atomic E-state index is 0.00530. The number of likely N-dealkylation sites (N-methyl/N-ethyl adjacent to an activating group) is 1. The molecule has 1 aromatic heterocycles. The third kappa shape index (κ3) is 5.80. The molecule has 0 fully saturated rings. The fraction of sp³-hybridized carbons (Fsp3) is 0.368. The SMILES string of the molecule is Cc1cccnc1C[C@H](C)N(C)CCC(=O)Nc1ccc(F)c(Cl)c1. The molecular formula is C19H23ClFN3O. The van der Waals surface area contributed by atoms with Crippen LogP contribution in [0.3, 0.4) is 0 Å². The highest BCUT2D eigenvalue weighted by molar-refractivity contribution is 6.31. The minimum atomic E-state index is -0.502. The molecule has 0 spiro atoms. The zero-order chi connectivity index (χ0) is 18.4. The average molecular weight is 364 g/mol. The number of halogens is 2. The maximum atomic E-state index is 13.1. The van der Waals surface area contributed by atoms with E-state index in [1.165, 1.54) is 23.8 Å². The molecule has 0 saturated carbocycles. The van der Waals surface area contributed by atoms with Crippen molar-refractivity contribution < 1.29 is 9.18 Å². The Bertz CT molecular complexity index is 738. The molecule has 0 bridgehead atoms. The topological polar surface area (TPSA) is 45.2 Å². The van der Waals surface area contributed by atoms with Gasteiger partial charge >= 0.3 is 0 Å². The first kappa shape index (κ1) is 19.3. The lowest BCUT2D eigenvalue weighted by Gasteiger charge is -2.24. The van der Waals surface area contributed by atoms with Crippen molar-refractivity contribution in [2.24, 2.45) is 0 Å². The van der Waals surface area contributed by atoms with Gasteiger partial charge < -0.3 is 10.2 Å². The Morgan fingerprint density at radius 2 is 2.16 bits per heavy atom. The van der Waals surface area contributed by atoms with Crippen molar-refractivity contribution in [3.63, 3.8) is 0 Å². The summed E-state index contributed by atoms with van der Waals surface area (Å²) in [7, 11) is 1.99. The molecule has 2 aromatic rings. The molecule has 2 rings (SSSR count). The van der Waals surface area contributed by atoms with E-state index in [1.54, 1.807) is 6.20 Å². The van der Waals surface area contributed by atoms with Crippen molar-refractivity contribution in [2.75, 3.05) is 18.9 Å². The maximum absolute atomic E-state index is 13.1. The second-order valence-corrected chi connectivity index (χ2v) is 6.64. The summed E-state index contributed by atoms with van der Waals surface area (Å²) in [5.41, 5.74) is 2.75. The number of carbonyl (C=O) groups excluding carboxylic acids is 1. The van der Waals surface area contributed by atoms with Gasteiger partial charge in [0.2, 0.25) is 5.91 Å². The molecule has 1 heterocycles. The highest BCUT2D eigenvalue weighted by Gasteiger charge is 2.14. The number of rotatable bonds is 7. The van der Waals surface area contributed by atoms with Gasteiger partial charge in [0.15, 0.2) is 0 Å². The minimum Gasteiger partial charge on any atom is -0.326 e. The summed E-state index contributed by atoms with van der Waals surface area (Å²) >= 11 is 5.72. The Morgan fingerprint density at radius 3 is 2.84 bits per heavy atom. The first-order valence-corrected chi connectivity index (χ1v) is 8.60. The molecule has 0 aliphatic heterocycles. The third-order valence-electron chi connectivity index (χ3n) is 4.25. The van der Waals surface area contributed by atoms with E-state index < -0.39 is 5.82 Å². The molecule has 25 heavy (non-hydrogen) atoms. The molecule has 6 heteroatoms. The van der Waals surface area contributed by atoms with E-state index in [4.69, 9.17) is 11.6 Å². The molecule has 1 atom stereocenters. The van der Waals surface area contributed by atoms with Crippen LogP contribution in [0, 0.1) is 12.7 Å². The first-order valence-electron chi connectivity index (χ1n) is 8.22. The highest BCUT2D eigenvalue weighted by atomic mass is 35.5. The van der Waals surface area contributed by atoms with Crippen LogP contribution in [0.2, 0.25) is 5.02 Å². The van der Waals surface area contributed by atoms with E-state index in [9.17, 15) is 9.18 Å². The molecule has 134 valence electrons. The van der Waals surface area contributed by atoms with Crippen molar-refractivity contribution in [3.05, 3.63) is 58.6 Å². The van der Waals surface area contributed by atoms with E-state index in [1.807, 2.05) is 13.1 Å². The lowest BCUT2D eigenvalue weighted by atomic mass is 10.1. The molecule has 0 aliphatic rings. The molecule has 0 radical (unpaired) electrons. The van der Waals surface area contributed by atoms with Crippen LogP contribution in [0.4, 0.5) is 10.1 Å². The standard InChI is InChI=1S/C19H23ClFN3O/c1-13-5-4-9-22-18(13)11-14(2)24(3)10-8-19(25)23-15-6-7-17(21)16(20)12-15/h4-7,9,12,14H,8,10-11H2,1-3H3,(H,23,25)/t14-/m0/s1. The van der Waals surface area contributed by atoms with Gasteiger partial charge in [-0.3, -0.25) is 9.78 Å². The molecule has 0 saturated heterocycles. The Labute approximate surface area is 153 Å². The second-order valence-electron chi connectivity index (χ2n) is 6.23. The number of nitrogens with one attached hydrogen (secondary N) is 1. The smallest absolute Gasteiger partial charge is 0.225 e. The molecule has 1 amide bonds. The van der Waals surface area contributed by atoms with Crippen LogP contribution in [0.15, 0.2) is 36.5 Å². The summed E-state index contributed by atoms with van der Waals surface area (Å²) in [6.07, 6.45) is 2.98. The number of aryl methyl sites for hydroxylation is 1. The molecule has 1 aromatic carbocycles. The Hall–Kier alpha value is -1.98. The van der Waals surface area contributed by atoms with Gasteiger partial charge in [0, 0.05) is 43.0 Å². The van der Waals surface area contributed by atoms with Gasteiger partial charge in [0.1, 0.15) is 5.82 Å². The third-order valence-corrected chi connectivity index (χ3v) is 4.54. The van der Waals surface area contributed by atoms with Crippen LogP contribution in [0.5, 0.6) is 0 Å². The van der Waals surface area contributed by atoms with Crippen LogP contribution in [0.25, 0.3) is 0 Å². The van der Waals surface area contributed by atoms with E-state index in [0.29, 0.717) is 18.7 Å². The van der Waals surface area contributed by atoms with Gasteiger partial charge in [-0.15, -0.1) is 0 Å². The van der Waals surface area contributed by atoms with Crippen LogP contribution < -0.4 is 5.32 Å². The molecular weight excluding hydrogens is 341 g/mol. The number of benzene rings is 1. The van der Waals surface area contributed by atoms with Crippen LogP contribution in [0.1, 0.15) is 24.6 Å². The predicted molar refractivity (Wildman–Crippen MR) is 99.4 cm³/mol. The molecule has 0 unspecified atom stereocenters. The van der Waals surface area contributed by atoms with E-state index in [2.05, 4.69) is 35.1 Å². The van der Waals surface area contributed by atoms with E-state index in [-0.39, 0.29) is 17.0 Å². The van der Waals surface area contributed by atoms with Crippen molar-refractivity contribution in [3.8, 4) is 0 Å². The fourth-order valence-corrected chi connectivity index (χ4v) is 2.64. The lowest BCUT2D eigenvalue weighted by molar-refractivity contribution is -0.116. The average Bonchev–Trinajstić information content (AvgIpc) is 2.58. The fourth-order valence-electron chi connectivity index (χ4n) is 2.46. The summed E-state index contributed by atoms with van der Waals surface area (Å²) in [6.45, 7) is 4.79. The lowest BCUT2D eigenvalue weighted by Crippen LogP contribution is -2.34. The first-order chi connectivity index (χ1) is 11.9. The van der Waals surface area contributed by atoms with Crippen LogP contribution in [-0.2, 0) is 11.2 Å². The van der Waals surface area contributed by atoms with Crippen molar-refractivity contribution >= 4 is 23.2 Å². The molecule has 1 N–H and O–H groups in total. The molecule has 0 aliphatic carbocycles. The monoisotopic (exact) mass is 363 g/mol. The maximum Gasteiger partial charge on any atom is 0.225 e. The van der Waals surface area contributed by atoms with Crippen LogP contribution >= 0.6 is 11.6 Å². The Morgan fingerprint density at radius 1 is 1.40 bits per heavy atom. The van der Waals surface area contributed by atoms with E-state index in [0.717, 1.165) is 12.1 Å². The summed E-state index contributed by atoms with van der Waals surface area (Å²) in [5, 5.41) is 2.73. The number of aromatic nitrogens is 1. The predicted octanol–water partition coefficient (Wildman–Crippen LogP) is 4.07. The largest absolute Gasteiger partial charge is 0.326 e. The Kier molecular flexibility index (Phi) is 6.91. The summed E-state index contributed by atoms with van der Waals surface area (Å²) < 4.78 is 13.1. The number of anilines is 1. The van der Waals surface area contributed by atoms with Crippen molar-refractivity contribution in [1.29, 1.82) is 0 Å². The quantitative estimate of drug-likeness (QED) is 0.806. The number of nitrogens with zero attached hydrogens (tertiary/aromatic N) is 2. The number of hydrogen-bond donors (Lipinski definition) is 1. The Balaban J connectivity index is 1.82. The summed E-state index contributed by atoms with van der Waals surface area (Å²) in [5.74, 6) is -0.631. The number of carbonyl (C=O) groups is 1. The van der Waals surface area contributed by atoms with Gasteiger partial charge in [0.25, 0.3) is 0 Å². The summed E-state index contributed by atoms with van der Waals surface area (Å²) in [6, 6.07) is 8.39. The van der Waals surface area contributed by atoms with Gasteiger partial charge in [-0.2, -0.15) is 0 Å². The van der Waals surface area contributed by atoms with Crippen LogP contribution in [-0.4, -0.2) is 35.4 Å². The van der Waals surface area contributed by atoms with Gasteiger partial charge in [-0.1, -0.05) is 17.7 Å².